The molecule has 1 saturated carbocycles. The molecule has 0 bridgehead atoms. The summed E-state index contributed by atoms with van der Waals surface area (Å²) in [6, 6.07) is 6.69. The Bertz CT molecular complexity index is 546. The van der Waals surface area contributed by atoms with Gasteiger partial charge in [0.25, 0.3) is 0 Å². The number of fused-ring (bicyclic) bond motifs is 1. The Morgan fingerprint density at radius 2 is 1.88 bits per heavy atom. The van der Waals surface area contributed by atoms with Gasteiger partial charge in [0.05, 0.1) is 11.0 Å². The van der Waals surface area contributed by atoms with Crippen molar-refractivity contribution in [3.8, 4) is 0 Å². The lowest BCUT2D eigenvalue weighted by Gasteiger charge is -2.21. The fraction of sp³-hybridized carbons (Fsp3) is 0.429. The molecule has 1 aromatic heterocycles. The van der Waals surface area contributed by atoms with E-state index in [0.29, 0.717) is 11.5 Å². The first-order valence-electron chi connectivity index (χ1n) is 6.15. The third kappa shape index (κ3) is 1.97. The van der Waals surface area contributed by atoms with Gasteiger partial charge < -0.3 is 5.32 Å². The first-order chi connectivity index (χ1) is 8.17. The molecule has 0 spiro atoms. The minimum Gasteiger partial charge on any atom is -0.382 e. The third-order valence-corrected chi connectivity index (χ3v) is 3.94. The summed E-state index contributed by atoms with van der Waals surface area (Å²) in [7, 11) is 0. The number of anilines is 1. The van der Waals surface area contributed by atoms with Crippen LogP contribution in [0.25, 0.3) is 11.0 Å². The smallest absolute Gasteiger partial charge is 0.0907 e. The van der Waals surface area contributed by atoms with Gasteiger partial charge >= 0.3 is 0 Å². The maximum absolute atomic E-state index is 4.32. The van der Waals surface area contributed by atoms with E-state index in [-0.39, 0.29) is 0 Å². The van der Waals surface area contributed by atoms with Crippen LogP contribution < -0.4 is 5.32 Å². The standard InChI is InChI=1S/C14H17N3/c1-10(14(2)5-6-14)17-11-3-4-12-13(9-11)16-8-7-15-12/h3-4,7-10,17H,5-6H2,1-2H3. The van der Waals surface area contributed by atoms with Crippen molar-refractivity contribution in [3.63, 3.8) is 0 Å². The molecule has 1 aromatic carbocycles. The van der Waals surface area contributed by atoms with E-state index in [2.05, 4.69) is 41.3 Å². The van der Waals surface area contributed by atoms with Crippen molar-refractivity contribution in [3.05, 3.63) is 30.6 Å². The minimum absolute atomic E-state index is 0.483. The zero-order chi connectivity index (χ0) is 11.9. The number of nitrogens with one attached hydrogen (secondary N) is 1. The molecule has 0 amide bonds. The summed E-state index contributed by atoms with van der Waals surface area (Å²) in [4.78, 5) is 8.60. The number of hydrogen-bond donors (Lipinski definition) is 1. The van der Waals surface area contributed by atoms with Crippen molar-refractivity contribution < 1.29 is 0 Å². The van der Waals surface area contributed by atoms with Gasteiger partial charge in [0, 0.05) is 24.1 Å². The monoisotopic (exact) mass is 227 g/mol. The van der Waals surface area contributed by atoms with Gasteiger partial charge in [-0.15, -0.1) is 0 Å². The van der Waals surface area contributed by atoms with E-state index < -0.39 is 0 Å². The molecule has 1 N–H and O–H groups in total. The van der Waals surface area contributed by atoms with Crippen LogP contribution in [-0.4, -0.2) is 16.0 Å². The van der Waals surface area contributed by atoms with E-state index in [4.69, 9.17) is 0 Å². The van der Waals surface area contributed by atoms with Gasteiger partial charge in [0.2, 0.25) is 0 Å². The van der Waals surface area contributed by atoms with Gasteiger partial charge in [-0.2, -0.15) is 0 Å². The van der Waals surface area contributed by atoms with Crippen LogP contribution in [0.4, 0.5) is 5.69 Å². The van der Waals surface area contributed by atoms with Crippen LogP contribution in [0.1, 0.15) is 26.7 Å². The average Bonchev–Trinajstić information content (AvgIpc) is 3.09. The Morgan fingerprint density at radius 1 is 1.18 bits per heavy atom. The van der Waals surface area contributed by atoms with E-state index in [1.54, 1.807) is 12.4 Å². The molecule has 1 heterocycles. The fourth-order valence-electron chi connectivity index (χ4n) is 2.11. The molecule has 1 fully saturated rings. The average molecular weight is 227 g/mol. The highest BCUT2D eigenvalue weighted by atomic mass is 14.9. The van der Waals surface area contributed by atoms with Crippen LogP contribution in [0, 0.1) is 5.41 Å². The highest BCUT2D eigenvalue weighted by molar-refractivity contribution is 5.78. The van der Waals surface area contributed by atoms with Crippen molar-refractivity contribution in [2.24, 2.45) is 5.41 Å². The number of rotatable bonds is 3. The van der Waals surface area contributed by atoms with Crippen LogP contribution in [0.3, 0.4) is 0 Å². The highest BCUT2D eigenvalue weighted by Gasteiger charge is 2.42. The molecule has 17 heavy (non-hydrogen) atoms. The molecule has 1 unspecified atom stereocenters. The molecule has 2 aromatic rings. The van der Waals surface area contributed by atoms with Gasteiger partial charge in [-0.3, -0.25) is 9.97 Å². The SMILES string of the molecule is CC(Nc1ccc2nccnc2c1)C1(C)CC1. The molecule has 3 heteroatoms. The predicted molar refractivity (Wildman–Crippen MR) is 70.0 cm³/mol. The Labute approximate surface area is 101 Å². The van der Waals surface area contributed by atoms with Crippen LogP contribution >= 0.6 is 0 Å². The summed E-state index contributed by atoms with van der Waals surface area (Å²) in [6.45, 7) is 4.60. The third-order valence-electron chi connectivity index (χ3n) is 3.94. The van der Waals surface area contributed by atoms with Crippen LogP contribution in [-0.2, 0) is 0 Å². The van der Waals surface area contributed by atoms with Crippen molar-refractivity contribution in [2.45, 2.75) is 32.7 Å². The van der Waals surface area contributed by atoms with E-state index >= 15 is 0 Å². The second kappa shape index (κ2) is 3.69. The summed E-state index contributed by atoms with van der Waals surface area (Å²) >= 11 is 0. The molecule has 0 radical (unpaired) electrons. The second-order valence-corrected chi connectivity index (χ2v) is 5.28. The molecule has 88 valence electrons. The van der Waals surface area contributed by atoms with Crippen molar-refractivity contribution in [1.29, 1.82) is 0 Å². The normalized spacial score (nSPS) is 18.9. The predicted octanol–water partition coefficient (Wildman–Crippen LogP) is 3.23. The molecule has 0 saturated heterocycles. The van der Waals surface area contributed by atoms with E-state index in [1.165, 1.54) is 12.8 Å². The Balaban J connectivity index is 1.85. The highest BCUT2D eigenvalue weighted by Crippen LogP contribution is 2.48. The quantitative estimate of drug-likeness (QED) is 0.874. The lowest BCUT2D eigenvalue weighted by Crippen LogP contribution is -2.24. The minimum atomic E-state index is 0.483. The summed E-state index contributed by atoms with van der Waals surface area (Å²) in [5, 5.41) is 3.57. The van der Waals surface area contributed by atoms with Gasteiger partial charge in [-0.05, 0) is 43.4 Å². The van der Waals surface area contributed by atoms with Crippen LogP contribution in [0.2, 0.25) is 0 Å². The summed E-state index contributed by atoms with van der Waals surface area (Å²) in [5.41, 5.74) is 3.52. The summed E-state index contributed by atoms with van der Waals surface area (Å²) in [5.74, 6) is 0. The fourth-order valence-corrected chi connectivity index (χ4v) is 2.11. The number of hydrogen-bond acceptors (Lipinski definition) is 3. The summed E-state index contributed by atoms with van der Waals surface area (Å²) in [6.07, 6.45) is 6.12. The zero-order valence-corrected chi connectivity index (χ0v) is 10.3. The van der Waals surface area contributed by atoms with Gasteiger partial charge in [-0.25, -0.2) is 0 Å². The Morgan fingerprint density at radius 3 is 2.59 bits per heavy atom. The number of nitrogens with zero attached hydrogens (tertiary/aromatic N) is 2. The molecular formula is C14H17N3. The lowest BCUT2D eigenvalue weighted by molar-refractivity contribution is 0.493. The Kier molecular flexibility index (Phi) is 2.28. The molecule has 1 aliphatic rings. The maximum Gasteiger partial charge on any atom is 0.0907 e. The second-order valence-electron chi connectivity index (χ2n) is 5.28. The molecule has 1 aliphatic carbocycles. The van der Waals surface area contributed by atoms with E-state index in [1.807, 2.05) is 6.07 Å². The number of benzene rings is 1. The molecule has 1 atom stereocenters. The van der Waals surface area contributed by atoms with Gasteiger partial charge in [-0.1, -0.05) is 6.92 Å². The number of aromatic nitrogens is 2. The summed E-state index contributed by atoms with van der Waals surface area (Å²) < 4.78 is 0. The first-order valence-corrected chi connectivity index (χ1v) is 6.15. The molecule has 3 nitrogen and oxygen atoms in total. The Hall–Kier alpha value is -1.64. The van der Waals surface area contributed by atoms with E-state index in [9.17, 15) is 0 Å². The molecular weight excluding hydrogens is 210 g/mol. The van der Waals surface area contributed by atoms with E-state index in [0.717, 1.165) is 16.7 Å². The zero-order valence-electron chi connectivity index (χ0n) is 10.3. The van der Waals surface area contributed by atoms with Crippen molar-refractivity contribution in [2.75, 3.05) is 5.32 Å². The van der Waals surface area contributed by atoms with Gasteiger partial charge in [0.15, 0.2) is 0 Å². The first kappa shape index (κ1) is 10.5. The maximum atomic E-state index is 4.32. The largest absolute Gasteiger partial charge is 0.382 e. The lowest BCUT2D eigenvalue weighted by atomic mass is 10.0. The van der Waals surface area contributed by atoms with Crippen molar-refractivity contribution in [1.82, 2.24) is 9.97 Å². The topological polar surface area (TPSA) is 37.8 Å². The molecule has 0 aliphatic heterocycles. The van der Waals surface area contributed by atoms with Gasteiger partial charge in [0.1, 0.15) is 0 Å². The van der Waals surface area contributed by atoms with Crippen molar-refractivity contribution >= 4 is 16.7 Å². The van der Waals surface area contributed by atoms with Crippen LogP contribution in [0.5, 0.6) is 0 Å². The van der Waals surface area contributed by atoms with Crippen LogP contribution in [0.15, 0.2) is 30.6 Å². The molecule has 3 rings (SSSR count).